The van der Waals surface area contributed by atoms with Gasteiger partial charge in [-0.1, -0.05) is 59.6 Å². The molecule has 0 aliphatic heterocycles. The molecule has 0 radical (unpaired) electrons. The molecular formula is C30H48O2. The van der Waals surface area contributed by atoms with Crippen molar-refractivity contribution in [2.75, 3.05) is 0 Å². The molecule has 5 aliphatic rings. The quantitative estimate of drug-likeness (QED) is 0.418. The van der Waals surface area contributed by atoms with Gasteiger partial charge in [-0.05, 0) is 116 Å². The minimum absolute atomic E-state index is 0.148. The van der Waals surface area contributed by atoms with Gasteiger partial charge in [0.05, 0.1) is 5.41 Å². The van der Waals surface area contributed by atoms with E-state index in [1.54, 1.807) is 0 Å². The first-order valence-corrected chi connectivity index (χ1v) is 13.8. The van der Waals surface area contributed by atoms with Crippen molar-refractivity contribution in [3.63, 3.8) is 0 Å². The van der Waals surface area contributed by atoms with Crippen LogP contribution in [0.3, 0.4) is 0 Å². The Kier molecular flexibility index (Phi) is 4.94. The largest absolute Gasteiger partial charge is 0.481 e. The number of hydrogen-bond donors (Lipinski definition) is 1. The molecule has 4 saturated carbocycles. The number of carboxylic acids is 1. The second kappa shape index (κ2) is 6.88. The fourth-order valence-electron chi connectivity index (χ4n) is 10.9. The lowest BCUT2D eigenvalue weighted by Gasteiger charge is -2.71. The molecule has 0 heterocycles. The second-order valence-electron chi connectivity index (χ2n) is 14.4. The fraction of sp³-hybridized carbons (Fsp3) is 0.900. The molecule has 5 rings (SSSR count). The molecule has 0 saturated heterocycles. The van der Waals surface area contributed by atoms with Crippen molar-refractivity contribution in [1.82, 2.24) is 0 Å². The van der Waals surface area contributed by atoms with Crippen molar-refractivity contribution in [2.24, 2.45) is 56.7 Å². The summed E-state index contributed by atoms with van der Waals surface area (Å²) < 4.78 is 0. The zero-order chi connectivity index (χ0) is 23.3. The first-order valence-electron chi connectivity index (χ1n) is 13.8. The Labute approximate surface area is 197 Å². The van der Waals surface area contributed by atoms with Gasteiger partial charge in [0.25, 0.3) is 0 Å². The van der Waals surface area contributed by atoms with Crippen LogP contribution in [-0.2, 0) is 4.79 Å². The van der Waals surface area contributed by atoms with E-state index in [1.807, 2.05) is 5.57 Å². The molecule has 7 unspecified atom stereocenters. The average Bonchev–Trinajstić information content (AvgIpc) is 2.72. The van der Waals surface area contributed by atoms with Gasteiger partial charge in [-0.15, -0.1) is 0 Å². The number of carboxylic acid groups (broad SMARTS) is 1. The van der Waals surface area contributed by atoms with Crippen molar-refractivity contribution >= 4 is 5.97 Å². The first kappa shape index (κ1) is 23.0. The van der Waals surface area contributed by atoms with Crippen LogP contribution in [0, 0.1) is 56.7 Å². The molecule has 0 aromatic heterocycles. The highest BCUT2D eigenvalue weighted by atomic mass is 16.4. The van der Waals surface area contributed by atoms with Gasteiger partial charge in [-0.25, -0.2) is 0 Å². The molecule has 4 fully saturated rings. The molecule has 0 aromatic carbocycles. The second-order valence-corrected chi connectivity index (χ2v) is 14.4. The van der Waals surface area contributed by atoms with Crippen molar-refractivity contribution in [1.29, 1.82) is 0 Å². The third-order valence-corrected chi connectivity index (χ3v) is 13.3. The zero-order valence-corrected chi connectivity index (χ0v) is 21.9. The van der Waals surface area contributed by atoms with E-state index in [9.17, 15) is 9.90 Å². The average molecular weight is 441 g/mol. The van der Waals surface area contributed by atoms with Crippen LogP contribution in [0.5, 0.6) is 0 Å². The lowest BCUT2D eigenvalue weighted by molar-refractivity contribution is -0.196. The van der Waals surface area contributed by atoms with Crippen LogP contribution < -0.4 is 0 Å². The highest BCUT2D eigenvalue weighted by molar-refractivity contribution is 5.75. The lowest BCUT2D eigenvalue weighted by Crippen LogP contribution is -2.64. The Morgan fingerprint density at radius 2 is 1.62 bits per heavy atom. The number of fused-ring (bicyclic) bond motifs is 7. The lowest BCUT2D eigenvalue weighted by atomic mass is 9.33. The van der Waals surface area contributed by atoms with Crippen LogP contribution in [0.2, 0.25) is 0 Å². The van der Waals surface area contributed by atoms with Crippen LogP contribution in [0.1, 0.15) is 113 Å². The van der Waals surface area contributed by atoms with Crippen LogP contribution >= 0.6 is 0 Å². The highest BCUT2D eigenvalue weighted by Crippen LogP contribution is 2.75. The molecule has 1 N–H and O–H groups in total. The normalized spacial score (nSPS) is 57.3. The van der Waals surface area contributed by atoms with Gasteiger partial charge in [-0.2, -0.15) is 0 Å². The molecule has 180 valence electrons. The van der Waals surface area contributed by atoms with Gasteiger partial charge in [0.1, 0.15) is 0 Å². The molecule has 0 spiro atoms. The Hall–Kier alpha value is -0.790. The van der Waals surface area contributed by atoms with Crippen LogP contribution in [0.4, 0.5) is 0 Å². The highest BCUT2D eigenvalue weighted by Gasteiger charge is 2.68. The van der Waals surface area contributed by atoms with Crippen molar-refractivity contribution in [3.8, 4) is 0 Å². The van der Waals surface area contributed by atoms with E-state index in [2.05, 4.69) is 54.5 Å². The van der Waals surface area contributed by atoms with Gasteiger partial charge in [0, 0.05) is 0 Å². The van der Waals surface area contributed by atoms with E-state index < -0.39 is 11.4 Å². The molecule has 5 aliphatic carbocycles. The molecule has 0 bridgehead atoms. The molecular weight excluding hydrogens is 392 g/mol. The van der Waals surface area contributed by atoms with Gasteiger partial charge in [0.15, 0.2) is 0 Å². The van der Waals surface area contributed by atoms with Crippen LogP contribution in [0.25, 0.3) is 0 Å². The van der Waals surface area contributed by atoms with Crippen LogP contribution in [-0.4, -0.2) is 11.1 Å². The zero-order valence-electron chi connectivity index (χ0n) is 21.9. The number of allylic oxidation sites excluding steroid dienone is 2. The maximum Gasteiger partial charge on any atom is 0.309 e. The minimum Gasteiger partial charge on any atom is -0.481 e. The summed E-state index contributed by atoms with van der Waals surface area (Å²) in [5.74, 6) is 2.72. The minimum atomic E-state index is -0.547. The first-order chi connectivity index (χ1) is 14.8. The van der Waals surface area contributed by atoms with Crippen LogP contribution in [0.15, 0.2) is 11.6 Å². The molecule has 0 amide bonds. The Balaban J connectivity index is 1.59. The summed E-state index contributed by atoms with van der Waals surface area (Å²) in [6.07, 6.45) is 14.9. The van der Waals surface area contributed by atoms with E-state index in [1.165, 1.54) is 44.9 Å². The third kappa shape index (κ3) is 2.62. The number of hydrogen-bond acceptors (Lipinski definition) is 1. The third-order valence-electron chi connectivity index (χ3n) is 13.3. The van der Waals surface area contributed by atoms with Crippen molar-refractivity contribution in [3.05, 3.63) is 11.6 Å². The summed E-state index contributed by atoms with van der Waals surface area (Å²) in [5, 5.41) is 10.2. The Bertz CT molecular complexity index is 844. The van der Waals surface area contributed by atoms with Crippen molar-refractivity contribution in [2.45, 2.75) is 113 Å². The summed E-state index contributed by atoms with van der Waals surface area (Å²) in [5.41, 5.74) is 2.47. The predicted molar refractivity (Wildman–Crippen MR) is 131 cm³/mol. The maximum atomic E-state index is 12.5. The van der Waals surface area contributed by atoms with E-state index in [-0.39, 0.29) is 10.8 Å². The molecule has 2 nitrogen and oxygen atoms in total. The molecule has 0 aromatic rings. The standard InChI is InChI=1S/C30H48O2/c1-19-11-15-26(3)17-18-29(6)21(24(26)20(19)2)9-10-23-27(4)13-8-14-28(5,25(31)32)22(27)12-16-30(23,29)7/h9,19-20,22-24H,8,10-18H2,1-7H3,(H,31,32)/t19-,20?,22?,23?,24?,26?,27?,28+,29-,30?/m1/s1. The fourth-order valence-corrected chi connectivity index (χ4v) is 10.9. The van der Waals surface area contributed by atoms with E-state index >= 15 is 0 Å². The predicted octanol–water partition coefficient (Wildman–Crippen LogP) is 8.12. The summed E-state index contributed by atoms with van der Waals surface area (Å²) >= 11 is 0. The number of carbonyl (C=O) groups is 1. The molecule has 10 atom stereocenters. The Morgan fingerprint density at radius 3 is 2.31 bits per heavy atom. The van der Waals surface area contributed by atoms with E-state index in [0.29, 0.717) is 22.7 Å². The number of aliphatic carboxylic acids is 1. The van der Waals surface area contributed by atoms with Gasteiger partial charge in [0.2, 0.25) is 0 Å². The SMILES string of the molecule is CC1C2C3=CCC4C5(C)CCC[C@](C)(C(=O)O)C5CCC4(C)[C@]3(C)CCC2(C)CC[C@H]1C. The van der Waals surface area contributed by atoms with E-state index in [0.717, 1.165) is 37.0 Å². The summed E-state index contributed by atoms with van der Waals surface area (Å²) in [6, 6.07) is 0. The Morgan fingerprint density at radius 1 is 0.906 bits per heavy atom. The monoisotopic (exact) mass is 440 g/mol. The number of rotatable bonds is 1. The molecule has 2 heteroatoms. The van der Waals surface area contributed by atoms with Gasteiger partial charge in [-0.3, -0.25) is 4.79 Å². The van der Waals surface area contributed by atoms with Gasteiger partial charge < -0.3 is 5.11 Å². The van der Waals surface area contributed by atoms with Crippen molar-refractivity contribution < 1.29 is 9.90 Å². The maximum absolute atomic E-state index is 12.5. The van der Waals surface area contributed by atoms with E-state index in [4.69, 9.17) is 0 Å². The van der Waals surface area contributed by atoms with Gasteiger partial charge >= 0.3 is 5.97 Å². The summed E-state index contributed by atoms with van der Waals surface area (Å²) in [7, 11) is 0. The summed E-state index contributed by atoms with van der Waals surface area (Å²) in [6.45, 7) is 17.5. The smallest absolute Gasteiger partial charge is 0.309 e. The summed E-state index contributed by atoms with van der Waals surface area (Å²) in [4.78, 5) is 12.5. The molecule has 32 heavy (non-hydrogen) atoms. The topological polar surface area (TPSA) is 37.3 Å².